The summed E-state index contributed by atoms with van der Waals surface area (Å²) in [4.78, 5) is 15.6. The van der Waals surface area contributed by atoms with Gasteiger partial charge in [0.25, 0.3) is 0 Å². The van der Waals surface area contributed by atoms with E-state index in [1.165, 1.54) is 6.92 Å². The molecule has 1 amide bonds. The van der Waals surface area contributed by atoms with Crippen molar-refractivity contribution in [2.45, 2.75) is 26.6 Å². The fourth-order valence-electron chi connectivity index (χ4n) is 1.71. The molecule has 112 valence electrons. The second kappa shape index (κ2) is 7.19. The minimum absolute atomic E-state index is 0.0181. The number of carbonyl (C=O) groups is 1. The van der Waals surface area contributed by atoms with E-state index in [2.05, 4.69) is 10.3 Å². The third kappa shape index (κ3) is 4.27. The Bertz CT molecular complexity index is 612. The number of hydrogen-bond donors (Lipinski definition) is 1. The zero-order valence-corrected chi connectivity index (χ0v) is 13.1. The second-order valence-corrected chi connectivity index (χ2v) is 5.41. The van der Waals surface area contributed by atoms with E-state index in [9.17, 15) is 4.79 Å². The summed E-state index contributed by atoms with van der Waals surface area (Å²) in [5.74, 6) is 0.498. The first-order valence-corrected chi connectivity index (χ1v) is 7.44. The van der Waals surface area contributed by atoms with Crippen molar-refractivity contribution in [2.24, 2.45) is 0 Å². The molecule has 0 radical (unpaired) electrons. The Hall–Kier alpha value is -1.92. The number of para-hydroxylation sites is 2. The third-order valence-corrected chi connectivity index (χ3v) is 3.90. The quantitative estimate of drug-likeness (QED) is 0.888. The van der Waals surface area contributed by atoms with E-state index in [0.717, 1.165) is 10.7 Å². The van der Waals surface area contributed by atoms with Gasteiger partial charge in [0.1, 0.15) is 23.5 Å². The lowest BCUT2D eigenvalue weighted by molar-refractivity contribution is -0.114. The standard InChI is InChI=1S/C15H18N2O3S/c1-10(19-3)15-17-12(9-21-15)8-20-14-7-5-4-6-13(14)16-11(2)18/h4-7,9-10H,8H2,1-3H3,(H,16,18)/t10-/m0/s1. The molecule has 1 aromatic heterocycles. The molecule has 1 N–H and O–H groups in total. The van der Waals surface area contributed by atoms with Gasteiger partial charge in [-0.2, -0.15) is 0 Å². The van der Waals surface area contributed by atoms with Crippen LogP contribution in [0.5, 0.6) is 5.75 Å². The Morgan fingerprint density at radius 3 is 2.90 bits per heavy atom. The van der Waals surface area contributed by atoms with Gasteiger partial charge in [-0.1, -0.05) is 12.1 Å². The van der Waals surface area contributed by atoms with Gasteiger partial charge < -0.3 is 14.8 Å². The monoisotopic (exact) mass is 306 g/mol. The first-order chi connectivity index (χ1) is 10.1. The number of amides is 1. The predicted octanol–water partition coefficient (Wildman–Crippen LogP) is 3.39. The molecule has 0 bridgehead atoms. The number of ether oxygens (including phenoxy) is 2. The maximum absolute atomic E-state index is 11.2. The molecule has 1 aromatic carbocycles. The van der Waals surface area contributed by atoms with Crippen LogP contribution in [-0.4, -0.2) is 18.0 Å². The zero-order valence-electron chi connectivity index (χ0n) is 12.3. The lowest BCUT2D eigenvalue weighted by Crippen LogP contribution is -2.08. The molecular weight excluding hydrogens is 288 g/mol. The number of benzene rings is 1. The molecule has 1 heterocycles. The Morgan fingerprint density at radius 1 is 1.43 bits per heavy atom. The van der Waals surface area contributed by atoms with Crippen molar-refractivity contribution in [3.63, 3.8) is 0 Å². The number of nitrogens with one attached hydrogen (secondary N) is 1. The summed E-state index contributed by atoms with van der Waals surface area (Å²) in [6.07, 6.45) is -0.0181. The molecule has 1 atom stereocenters. The molecule has 0 aliphatic carbocycles. The van der Waals surface area contributed by atoms with E-state index >= 15 is 0 Å². The van der Waals surface area contributed by atoms with Crippen LogP contribution in [0.4, 0.5) is 5.69 Å². The van der Waals surface area contributed by atoms with E-state index < -0.39 is 0 Å². The van der Waals surface area contributed by atoms with Crippen molar-refractivity contribution in [3.8, 4) is 5.75 Å². The number of thiazole rings is 1. The van der Waals surface area contributed by atoms with Crippen LogP contribution in [0, 0.1) is 0 Å². The summed E-state index contributed by atoms with van der Waals surface area (Å²) in [5, 5.41) is 5.61. The molecule has 2 rings (SSSR count). The summed E-state index contributed by atoms with van der Waals surface area (Å²) < 4.78 is 11.0. The molecule has 21 heavy (non-hydrogen) atoms. The normalized spacial score (nSPS) is 12.0. The first kappa shape index (κ1) is 15.5. The third-order valence-electron chi connectivity index (χ3n) is 2.84. The summed E-state index contributed by atoms with van der Waals surface area (Å²) in [6, 6.07) is 7.33. The molecule has 0 fully saturated rings. The molecule has 0 saturated carbocycles. The molecule has 0 aliphatic heterocycles. The Morgan fingerprint density at radius 2 is 2.19 bits per heavy atom. The second-order valence-electron chi connectivity index (χ2n) is 4.52. The van der Waals surface area contributed by atoms with Crippen LogP contribution in [0.15, 0.2) is 29.6 Å². The van der Waals surface area contributed by atoms with E-state index in [1.807, 2.05) is 30.5 Å². The van der Waals surface area contributed by atoms with Gasteiger partial charge in [0, 0.05) is 19.4 Å². The lowest BCUT2D eigenvalue weighted by Gasteiger charge is -2.10. The van der Waals surface area contributed by atoms with E-state index in [4.69, 9.17) is 9.47 Å². The van der Waals surface area contributed by atoms with Gasteiger partial charge in [0.2, 0.25) is 5.91 Å². The topological polar surface area (TPSA) is 60.5 Å². The minimum atomic E-state index is -0.129. The van der Waals surface area contributed by atoms with Crippen LogP contribution in [0.2, 0.25) is 0 Å². The van der Waals surface area contributed by atoms with Crippen LogP contribution in [0.3, 0.4) is 0 Å². The highest BCUT2D eigenvalue weighted by atomic mass is 32.1. The van der Waals surface area contributed by atoms with Crippen LogP contribution in [0.25, 0.3) is 0 Å². The van der Waals surface area contributed by atoms with Gasteiger partial charge in [-0.15, -0.1) is 11.3 Å². The number of aromatic nitrogens is 1. The lowest BCUT2D eigenvalue weighted by atomic mass is 10.3. The number of methoxy groups -OCH3 is 1. The number of carbonyl (C=O) groups excluding carboxylic acids is 1. The number of hydrogen-bond acceptors (Lipinski definition) is 5. The van der Waals surface area contributed by atoms with Gasteiger partial charge >= 0.3 is 0 Å². The predicted molar refractivity (Wildman–Crippen MR) is 82.6 cm³/mol. The van der Waals surface area contributed by atoms with Crippen molar-refractivity contribution in [1.82, 2.24) is 4.98 Å². The number of anilines is 1. The van der Waals surface area contributed by atoms with Crippen LogP contribution in [0.1, 0.15) is 30.7 Å². The highest BCUT2D eigenvalue weighted by Crippen LogP contribution is 2.26. The molecular formula is C15H18N2O3S. The van der Waals surface area contributed by atoms with E-state index in [1.54, 1.807) is 24.5 Å². The number of rotatable bonds is 6. The van der Waals surface area contributed by atoms with Gasteiger partial charge in [0.15, 0.2) is 0 Å². The maximum Gasteiger partial charge on any atom is 0.221 e. The molecule has 0 aliphatic rings. The summed E-state index contributed by atoms with van der Waals surface area (Å²) in [6.45, 7) is 3.77. The first-order valence-electron chi connectivity index (χ1n) is 6.56. The van der Waals surface area contributed by atoms with Gasteiger partial charge in [-0.3, -0.25) is 4.79 Å². The zero-order chi connectivity index (χ0) is 15.2. The Kier molecular flexibility index (Phi) is 5.30. The molecule has 0 saturated heterocycles. The van der Waals surface area contributed by atoms with E-state index in [0.29, 0.717) is 18.0 Å². The van der Waals surface area contributed by atoms with Crippen molar-refractivity contribution in [1.29, 1.82) is 0 Å². The summed E-state index contributed by atoms with van der Waals surface area (Å²) in [5.41, 5.74) is 1.50. The van der Waals surface area contributed by atoms with Crippen molar-refractivity contribution in [2.75, 3.05) is 12.4 Å². The van der Waals surface area contributed by atoms with Crippen molar-refractivity contribution < 1.29 is 14.3 Å². The maximum atomic E-state index is 11.2. The van der Waals surface area contributed by atoms with Gasteiger partial charge in [-0.05, 0) is 19.1 Å². The van der Waals surface area contributed by atoms with Crippen LogP contribution in [-0.2, 0) is 16.1 Å². The SMILES string of the molecule is CO[C@@H](C)c1nc(COc2ccccc2NC(C)=O)cs1. The molecule has 6 heteroatoms. The average molecular weight is 306 g/mol. The molecule has 2 aromatic rings. The Balaban J connectivity index is 2.03. The number of nitrogens with zero attached hydrogens (tertiary/aromatic N) is 1. The van der Waals surface area contributed by atoms with Crippen molar-refractivity contribution in [3.05, 3.63) is 40.3 Å². The van der Waals surface area contributed by atoms with Crippen LogP contribution >= 0.6 is 11.3 Å². The largest absolute Gasteiger partial charge is 0.485 e. The summed E-state index contributed by atoms with van der Waals surface area (Å²) in [7, 11) is 1.66. The molecule has 0 unspecified atom stereocenters. The average Bonchev–Trinajstić information content (AvgIpc) is 2.94. The fourth-order valence-corrected chi connectivity index (χ4v) is 2.55. The minimum Gasteiger partial charge on any atom is -0.485 e. The van der Waals surface area contributed by atoms with E-state index in [-0.39, 0.29) is 12.0 Å². The van der Waals surface area contributed by atoms with Gasteiger partial charge in [0.05, 0.1) is 11.4 Å². The smallest absolute Gasteiger partial charge is 0.221 e. The highest BCUT2D eigenvalue weighted by Gasteiger charge is 2.10. The molecule has 0 spiro atoms. The van der Waals surface area contributed by atoms with Crippen LogP contribution < -0.4 is 10.1 Å². The van der Waals surface area contributed by atoms with Gasteiger partial charge in [-0.25, -0.2) is 4.98 Å². The molecule has 5 nitrogen and oxygen atoms in total. The highest BCUT2D eigenvalue weighted by molar-refractivity contribution is 7.09. The Labute approximate surface area is 127 Å². The van der Waals surface area contributed by atoms with Crippen molar-refractivity contribution >= 4 is 22.9 Å². The summed E-state index contributed by atoms with van der Waals surface area (Å²) >= 11 is 1.55. The fraction of sp³-hybridized carbons (Fsp3) is 0.333.